The molecule has 0 radical (unpaired) electrons. The van der Waals surface area contributed by atoms with Gasteiger partial charge in [0.25, 0.3) is 0 Å². The summed E-state index contributed by atoms with van der Waals surface area (Å²) in [4.78, 5) is 0. The van der Waals surface area contributed by atoms with Crippen molar-refractivity contribution < 1.29 is 0 Å². The zero-order valence-corrected chi connectivity index (χ0v) is 7.91. The van der Waals surface area contributed by atoms with E-state index >= 15 is 0 Å². The van der Waals surface area contributed by atoms with Crippen LogP contribution in [0.3, 0.4) is 0 Å². The zero-order valence-electron chi connectivity index (χ0n) is 6.40. The number of aryl methyl sites for hydroxylation is 2. The highest BCUT2D eigenvalue weighted by Gasteiger charge is 1.95. The Morgan fingerprint density at radius 3 is 2.64 bits per heavy atom. The van der Waals surface area contributed by atoms with Crippen LogP contribution in [0.25, 0.3) is 0 Å². The lowest BCUT2D eigenvalue weighted by atomic mass is 10.1. The molecule has 0 bridgehead atoms. The molecule has 0 aliphatic carbocycles. The maximum Gasteiger partial charge on any atom is 0.0435 e. The third-order valence-corrected chi connectivity index (χ3v) is 2.22. The van der Waals surface area contributed by atoms with Gasteiger partial charge in [0.2, 0.25) is 0 Å². The molecule has 0 aliphatic heterocycles. The van der Waals surface area contributed by atoms with E-state index < -0.39 is 0 Å². The van der Waals surface area contributed by atoms with Gasteiger partial charge in [0, 0.05) is 10.9 Å². The summed E-state index contributed by atoms with van der Waals surface area (Å²) in [5.74, 6) is 0.668. The Hall–Kier alpha value is -0.200. The Kier molecular flexibility index (Phi) is 3.22. The fourth-order valence-corrected chi connectivity index (χ4v) is 1.31. The number of hydrogen-bond acceptors (Lipinski definition) is 0. The summed E-state index contributed by atoms with van der Waals surface area (Å²) < 4.78 is 0. The highest BCUT2D eigenvalue weighted by molar-refractivity contribution is 6.31. The SMILES string of the molecule is Cc1cc(CCCl)ccc1Cl. The standard InChI is InChI=1S/C9H10Cl2/c1-7-6-8(4-5-10)2-3-9(7)11/h2-3,6H,4-5H2,1H3. The Balaban J connectivity index is 2.86. The summed E-state index contributed by atoms with van der Waals surface area (Å²) in [7, 11) is 0. The molecule has 0 saturated heterocycles. The average molecular weight is 189 g/mol. The van der Waals surface area contributed by atoms with Crippen molar-refractivity contribution in [3.63, 3.8) is 0 Å². The van der Waals surface area contributed by atoms with Crippen LogP contribution in [-0.4, -0.2) is 5.88 Å². The van der Waals surface area contributed by atoms with Crippen molar-refractivity contribution in [2.45, 2.75) is 13.3 Å². The normalized spacial score (nSPS) is 10.1. The summed E-state index contributed by atoms with van der Waals surface area (Å²) in [5.41, 5.74) is 2.37. The van der Waals surface area contributed by atoms with Gasteiger partial charge in [-0.25, -0.2) is 0 Å². The number of halogens is 2. The molecule has 0 amide bonds. The Morgan fingerprint density at radius 1 is 1.36 bits per heavy atom. The van der Waals surface area contributed by atoms with Gasteiger partial charge in [-0.1, -0.05) is 23.7 Å². The maximum absolute atomic E-state index is 5.85. The topological polar surface area (TPSA) is 0 Å². The highest BCUT2D eigenvalue weighted by atomic mass is 35.5. The molecule has 1 rings (SSSR count). The van der Waals surface area contributed by atoms with Gasteiger partial charge in [0.1, 0.15) is 0 Å². The van der Waals surface area contributed by atoms with Crippen LogP contribution in [0.2, 0.25) is 5.02 Å². The number of hydrogen-bond donors (Lipinski definition) is 0. The third kappa shape index (κ3) is 2.39. The van der Waals surface area contributed by atoms with Crippen molar-refractivity contribution in [2.24, 2.45) is 0 Å². The van der Waals surface area contributed by atoms with Gasteiger partial charge in [-0.2, -0.15) is 0 Å². The van der Waals surface area contributed by atoms with Crippen LogP contribution >= 0.6 is 23.2 Å². The van der Waals surface area contributed by atoms with E-state index in [9.17, 15) is 0 Å². The van der Waals surface area contributed by atoms with Crippen LogP contribution in [0.15, 0.2) is 18.2 Å². The number of rotatable bonds is 2. The van der Waals surface area contributed by atoms with Crippen molar-refractivity contribution in [3.8, 4) is 0 Å². The fraction of sp³-hybridized carbons (Fsp3) is 0.333. The molecular formula is C9H10Cl2. The monoisotopic (exact) mass is 188 g/mol. The number of alkyl halides is 1. The van der Waals surface area contributed by atoms with Gasteiger partial charge in [-0.05, 0) is 30.5 Å². The third-order valence-electron chi connectivity index (χ3n) is 1.61. The lowest BCUT2D eigenvalue weighted by molar-refractivity contribution is 1.14. The summed E-state index contributed by atoms with van der Waals surface area (Å²) in [6.45, 7) is 2.00. The van der Waals surface area contributed by atoms with Crippen LogP contribution in [0.5, 0.6) is 0 Å². The van der Waals surface area contributed by atoms with Gasteiger partial charge in [-0.15, -0.1) is 11.6 Å². The fourth-order valence-electron chi connectivity index (χ4n) is 0.971. The predicted octanol–water partition coefficient (Wildman–Crippen LogP) is 3.43. The Morgan fingerprint density at radius 2 is 2.09 bits per heavy atom. The quantitative estimate of drug-likeness (QED) is 0.625. The van der Waals surface area contributed by atoms with Gasteiger partial charge in [-0.3, -0.25) is 0 Å². The Bertz CT molecular complexity index is 243. The van der Waals surface area contributed by atoms with Crippen LogP contribution in [0.4, 0.5) is 0 Å². The molecule has 0 fully saturated rings. The summed E-state index contributed by atoms with van der Waals surface area (Å²) in [5, 5.41) is 0.823. The van der Waals surface area contributed by atoms with Crippen LogP contribution in [0.1, 0.15) is 11.1 Å². The molecule has 0 saturated carbocycles. The van der Waals surface area contributed by atoms with Crippen LogP contribution < -0.4 is 0 Å². The van der Waals surface area contributed by atoms with E-state index in [1.165, 1.54) is 5.56 Å². The van der Waals surface area contributed by atoms with Gasteiger partial charge in [0.05, 0.1) is 0 Å². The molecule has 1 aromatic rings. The highest BCUT2D eigenvalue weighted by Crippen LogP contribution is 2.16. The molecule has 1 aromatic carbocycles. The molecule has 0 aromatic heterocycles. The van der Waals surface area contributed by atoms with E-state index in [1.54, 1.807) is 0 Å². The van der Waals surface area contributed by atoms with Gasteiger partial charge in [0.15, 0.2) is 0 Å². The summed E-state index contributed by atoms with van der Waals surface area (Å²) in [6, 6.07) is 6.00. The van der Waals surface area contributed by atoms with E-state index in [1.807, 2.05) is 19.1 Å². The van der Waals surface area contributed by atoms with Crippen molar-refractivity contribution >= 4 is 23.2 Å². The molecule has 0 atom stereocenters. The van der Waals surface area contributed by atoms with Crippen molar-refractivity contribution in [3.05, 3.63) is 34.3 Å². The molecule has 0 nitrogen and oxygen atoms in total. The molecule has 2 heteroatoms. The molecule has 0 aliphatic rings. The zero-order chi connectivity index (χ0) is 8.27. The lowest BCUT2D eigenvalue weighted by Crippen LogP contribution is -1.86. The smallest absolute Gasteiger partial charge is 0.0435 e. The molecule has 60 valence electrons. The first-order valence-electron chi connectivity index (χ1n) is 3.55. The molecule has 11 heavy (non-hydrogen) atoms. The Labute approximate surface area is 77.1 Å². The molecule has 0 unspecified atom stereocenters. The largest absolute Gasteiger partial charge is 0.126 e. The minimum Gasteiger partial charge on any atom is -0.126 e. The van der Waals surface area contributed by atoms with Gasteiger partial charge >= 0.3 is 0 Å². The minimum atomic E-state index is 0.668. The van der Waals surface area contributed by atoms with E-state index in [-0.39, 0.29) is 0 Å². The number of benzene rings is 1. The second kappa shape index (κ2) is 3.99. The van der Waals surface area contributed by atoms with Crippen LogP contribution in [0, 0.1) is 6.92 Å². The van der Waals surface area contributed by atoms with E-state index in [0.29, 0.717) is 5.88 Å². The average Bonchev–Trinajstić information content (AvgIpc) is 1.98. The first kappa shape index (κ1) is 8.89. The first-order valence-corrected chi connectivity index (χ1v) is 4.46. The molecule has 0 N–H and O–H groups in total. The summed E-state index contributed by atoms with van der Waals surface area (Å²) in [6.07, 6.45) is 0.916. The van der Waals surface area contributed by atoms with E-state index in [2.05, 4.69) is 6.07 Å². The second-order valence-corrected chi connectivity index (χ2v) is 3.31. The molecular weight excluding hydrogens is 179 g/mol. The minimum absolute atomic E-state index is 0.668. The van der Waals surface area contributed by atoms with E-state index in [0.717, 1.165) is 17.0 Å². The van der Waals surface area contributed by atoms with Gasteiger partial charge < -0.3 is 0 Å². The second-order valence-electron chi connectivity index (χ2n) is 2.52. The predicted molar refractivity (Wildman–Crippen MR) is 50.6 cm³/mol. The summed E-state index contributed by atoms with van der Waals surface area (Å²) >= 11 is 11.4. The lowest BCUT2D eigenvalue weighted by Gasteiger charge is -2.00. The van der Waals surface area contributed by atoms with Crippen molar-refractivity contribution in [1.29, 1.82) is 0 Å². The van der Waals surface area contributed by atoms with Crippen LogP contribution in [-0.2, 0) is 6.42 Å². The maximum atomic E-state index is 5.85. The van der Waals surface area contributed by atoms with E-state index in [4.69, 9.17) is 23.2 Å². The molecule has 0 spiro atoms. The first-order chi connectivity index (χ1) is 5.24. The molecule has 0 heterocycles. The van der Waals surface area contributed by atoms with Crippen molar-refractivity contribution in [1.82, 2.24) is 0 Å². The van der Waals surface area contributed by atoms with Crippen molar-refractivity contribution in [2.75, 3.05) is 5.88 Å².